The van der Waals surface area contributed by atoms with Crippen molar-refractivity contribution >= 4 is 5.91 Å². The third kappa shape index (κ3) is 2.66. The molecule has 0 radical (unpaired) electrons. The normalized spacial score (nSPS) is 10.5. The summed E-state index contributed by atoms with van der Waals surface area (Å²) in [5, 5.41) is 13.4. The van der Waals surface area contributed by atoms with Crippen molar-refractivity contribution in [2.24, 2.45) is 0 Å². The van der Waals surface area contributed by atoms with Crippen LogP contribution in [0, 0.1) is 6.92 Å². The molecule has 100 valence electrons. The molecule has 0 spiro atoms. The van der Waals surface area contributed by atoms with Crippen molar-refractivity contribution in [3.05, 3.63) is 47.3 Å². The predicted molar refractivity (Wildman–Crippen MR) is 72.2 cm³/mol. The third-order valence-corrected chi connectivity index (χ3v) is 2.98. The van der Waals surface area contributed by atoms with Crippen molar-refractivity contribution in [3.8, 4) is 5.69 Å². The highest BCUT2D eigenvalue weighted by Crippen LogP contribution is 2.15. The van der Waals surface area contributed by atoms with Gasteiger partial charge < -0.3 is 10.0 Å². The first-order valence-electron chi connectivity index (χ1n) is 6.01. The van der Waals surface area contributed by atoms with E-state index in [9.17, 15) is 4.79 Å². The Bertz CT molecular complexity index is 602. The minimum Gasteiger partial charge on any atom is -0.392 e. The van der Waals surface area contributed by atoms with Crippen LogP contribution in [0.25, 0.3) is 5.69 Å². The fraction of sp³-hybridized carbons (Fsp3) is 0.286. The van der Waals surface area contributed by atoms with Crippen molar-refractivity contribution in [1.29, 1.82) is 0 Å². The monoisotopic (exact) mass is 259 g/mol. The van der Waals surface area contributed by atoms with Crippen LogP contribution in [0.3, 0.4) is 0 Å². The topological polar surface area (TPSA) is 58.4 Å². The Morgan fingerprint density at radius 2 is 2.11 bits per heavy atom. The largest absolute Gasteiger partial charge is 0.392 e. The molecule has 0 bridgehead atoms. The van der Waals surface area contributed by atoms with Crippen LogP contribution < -0.4 is 0 Å². The van der Waals surface area contributed by atoms with Crippen LogP contribution in [0.1, 0.15) is 21.6 Å². The number of hydrogen-bond donors (Lipinski definition) is 1. The summed E-state index contributed by atoms with van der Waals surface area (Å²) in [4.78, 5) is 13.3. The van der Waals surface area contributed by atoms with Crippen LogP contribution in [-0.4, -0.2) is 39.8 Å². The summed E-state index contributed by atoms with van der Waals surface area (Å²) in [5.74, 6) is -0.123. The quantitative estimate of drug-likeness (QED) is 0.905. The molecule has 2 rings (SSSR count). The second-order valence-electron chi connectivity index (χ2n) is 4.61. The maximum Gasteiger partial charge on any atom is 0.273 e. The maximum absolute atomic E-state index is 11.8. The van der Waals surface area contributed by atoms with Gasteiger partial charge in [0.1, 0.15) is 0 Å². The Labute approximate surface area is 112 Å². The van der Waals surface area contributed by atoms with Gasteiger partial charge in [0.15, 0.2) is 5.69 Å². The van der Waals surface area contributed by atoms with Crippen molar-refractivity contribution in [2.75, 3.05) is 14.1 Å². The van der Waals surface area contributed by atoms with E-state index in [1.54, 1.807) is 31.0 Å². The second kappa shape index (κ2) is 5.24. The molecule has 0 atom stereocenters. The lowest BCUT2D eigenvalue weighted by atomic mass is 10.1. The Balaban J connectivity index is 2.33. The van der Waals surface area contributed by atoms with Crippen LogP contribution >= 0.6 is 0 Å². The zero-order valence-electron chi connectivity index (χ0n) is 11.3. The summed E-state index contributed by atoms with van der Waals surface area (Å²) in [6.07, 6.45) is 1.75. The average Bonchev–Trinajstić information content (AvgIpc) is 2.87. The lowest BCUT2D eigenvalue weighted by molar-refractivity contribution is 0.0821. The van der Waals surface area contributed by atoms with Crippen molar-refractivity contribution in [3.63, 3.8) is 0 Å². The lowest BCUT2D eigenvalue weighted by Crippen LogP contribution is -2.22. The minimum atomic E-state index is -0.123. The molecular weight excluding hydrogens is 242 g/mol. The van der Waals surface area contributed by atoms with Gasteiger partial charge in [0, 0.05) is 20.3 Å². The number of benzene rings is 1. The highest BCUT2D eigenvalue weighted by atomic mass is 16.3. The number of carbonyl (C=O) groups is 1. The number of aliphatic hydroxyl groups is 1. The van der Waals surface area contributed by atoms with E-state index in [1.165, 1.54) is 4.90 Å². The zero-order valence-corrected chi connectivity index (χ0v) is 11.3. The predicted octanol–water partition coefficient (Wildman–Crippen LogP) is 1.37. The first-order valence-corrected chi connectivity index (χ1v) is 6.01. The summed E-state index contributed by atoms with van der Waals surface area (Å²) in [6, 6.07) is 7.36. The maximum atomic E-state index is 11.8. The summed E-state index contributed by atoms with van der Waals surface area (Å²) in [6.45, 7) is 1.96. The molecule has 0 aliphatic heterocycles. The van der Waals surface area contributed by atoms with Gasteiger partial charge in [-0.3, -0.25) is 4.79 Å². The molecule has 2 aromatic rings. The van der Waals surface area contributed by atoms with E-state index in [-0.39, 0.29) is 12.5 Å². The molecule has 0 saturated carbocycles. The molecule has 1 amide bonds. The molecule has 1 N–H and O–H groups in total. The van der Waals surface area contributed by atoms with Crippen LogP contribution in [0.2, 0.25) is 0 Å². The highest BCUT2D eigenvalue weighted by molar-refractivity contribution is 5.91. The number of aryl methyl sites for hydroxylation is 1. The van der Waals surface area contributed by atoms with Crippen LogP contribution in [0.15, 0.2) is 30.5 Å². The molecule has 0 fully saturated rings. The van der Waals surface area contributed by atoms with Gasteiger partial charge in [0.2, 0.25) is 0 Å². The van der Waals surface area contributed by atoms with Gasteiger partial charge >= 0.3 is 0 Å². The number of aliphatic hydroxyl groups excluding tert-OH is 1. The molecule has 1 aromatic heterocycles. The first-order chi connectivity index (χ1) is 9.02. The Kier molecular flexibility index (Phi) is 3.66. The Morgan fingerprint density at radius 1 is 1.37 bits per heavy atom. The van der Waals surface area contributed by atoms with Gasteiger partial charge in [-0.1, -0.05) is 6.07 Å². The molecule has 5 nitrogen and oxygen atoms in total. The summed E-state index contributed by atoms with van der Waals surface area (Å²) in [7, 11) is 3.39. The SMILES string of the molecule is Cc1cc(-n2ccc(C(=O)N(C)C)n2)ccc1CO. The summed E-state index contributed by atoms with van der Waals surface area (Å²) >= 11 is 0. The van der Waals surface area contributed by atoms with Crippen LogP contribution in [0.5, 0.6) is 0 Å². The van der Waals surface area contributed by atoms with Crippen molar-refractivity contribution in [2.45, 2.75) is 13.5 Å². The van der Waals surface area contributed by atoms with E-state index >= 15 is 0 Å². The average molecular weight is 259 g/mol. The van der Waals surface area contributed by atoms with E-state index in [0.29, 0.717) is 5.69 Å². The summed E-state index contributed by atoms with van der Waals surface area (Å²) < 4.78 is 1.66. The molecule has 1 aromatic carbocycles. The van der Waals surface area contributed by atoms with Crippen molar-refractivity contribution in [1.82, 2.24) is 14.7 Å². The second-order valence-corrected chi connectivity index (χ2v) is 4.61. The minimum absolute atomic E-state index is 0.0234. The fourth-order valence-corrected chi connectivity index (χ4v) is 1.81. The molecule has 0 saturated heterocycles. The zero-order chi connectivity index (χ0) is 14.0. The molecular formula is C14H17N3O2. The van der Waals surface area contributed by atoms with E-state index < -0.39 is 0 Å². The van der Waals surface area contributed by atoms with E-state index in [4.69, 9.17) is 5.11 Å². The summed E-state index contributed by atoms with van der Waals surface area (Å²) in [5.41, 5.74) is 3.16. The number of amides is 1. The molecule has 0 unspecified atom stereocenters. The molecule has 1 heterocycles. The Hall–Kier alpha value is -2.14. The van der Waals surface area contributed by atoms with E-state index in [2.05, 4.69) is 5.10 Å². The van der Waals surface area contributed by atoms with Gasteiger partial charge in [0.25, 0.3) is 5.91 Å². The van der Waals surface area contributed by atoms with Gasteiger partial charge in [-0.15, -0.1) is 0 Å². The molecule has 0 aliphatic carbocycles. The lowest BCUT2D eigenvalue weighted by Gasteiger charge is -2.08. The van der Waals surface area contributed by atoms with Gasteiger partial charge in [-0.05, 0) is 36.2 Å². The highest BCUT2D eigenvalue weighted by Gasteiger charge is 2.12. The Morgan fingerprint density at radius 3 is 2.68 bits per heavy atom. The fourth-order valence-electron chi connectivity index (χ4n) is 1.81. The standard InChI is InChI=1S/C14H17N3O2/c1-10-8-12(5-4-11(10)9-18)17-7-6-13(15-17)14(19)16(2)3/h4-8,18H,9H2,1-3H3. The van der Waals surface area contributed by atoms with E-state index in [1.807, 2.05) is 25.1 Å². The van der Waals surface area contributed by atoms with Crippen LogP contribution in [-0.2, 0) is 6.61 Å². The third-order valence-electron chi connectivity index (χ3n) is 2.98. The number of rotatable bonds is 3. The molecule has 19 heavy (non-hydrogen) atoms. The molecule has 5 heteroatoms. The number of carbonyl (C=O) groups excluding carboxylic acids is 1. The van der Waals surface area contributed by atoms with Gasteiger partial charge in [0.05, 0.1) is 12.3 Å². The number of nitrogens with zero attached hydrogens (tertiary/aromatic N) is 3. The number of hydrogen-bond acceptors (Lipinski definition) is 3. The van der Waals surface area contributed by atoms with Gasteiger partial charge in [-0.25, -0.2) is 4.68 Å². The smallest absolute Gasteiger partial charge is 0.273 e. The van der Waals surface area contributed by atoms with Crippen LogP contribution in [0.4, 0.5) is 0 Å². The van der Waals surface area contributed by atoms with Gasteiger partial charge in [-0.2, -0.15) is 5.10 Å². The molecule has 0 aliphatic rings. The number of aromatic nitrogens is 2. The first kappa shape index (κ1) is 13.3. The van der Waals surface area contributed by atoms with Crippen molar-refractivity contribution < 1.29 is 9.90 Å². The van der Waals surface area contributed by atoms with E-state index in [0.717, 1.165) is 16.8 Å².